The predicted molar refractivity (Wildman–Crippen MR) is 153 cm³/mol. The van der Waals surface area contributed by atoms with Crippen molar-refractivity contribution in [2.24, 2.45) is 0 Å². The van der Waals surface area contributed by atoms with E-state index in [1.807, 2.05) is 26.8 Å². The van der Waals surface area contributed by atoms with E-state index in [1.165, 1.54) is 17.0 Å². The van der Waals surface area contributed by atoms with Gasteiger partial charge in [-0.3, -0.25) is 13.9 Å². The second-order valence-electron chi connectivity index (χ2n) is 9.53. The minimum absolute atomic E-state index is 0.0697. The fourth-order valence-electron chi connectivity index (χ4n) is 3.98. The first-order valence-electron chi connectivity index (χ1n) is 12.9. The van der Waals surface area contributed by atoms with Crippen molar-refractivity contribution in [2.45, 2.75) is 57.6 Å². The van der Waals surface area contributed by atoms with Crippen LogP contribution in [0.4, 0.5) is 5.69 Å². The highest BCUT2D eigenvalue weighted by atomic mass is 32.2. The van der Waals surface area contributed by atoms with Crippen LogP contribution in [0.5, 0.6) is 5.75 Å². The molecule has 0 aliphatic rings. The molecule has 2 unspecified atom stereocenters. The van der Waals surface area contributed by atoms with E-state index >= 15 is 0 Å². The molecule has 39 heavy (non-hydrogen) atoms. The molecule has 0 saturated heterocycles. The normalized spacial score (nSPS) is 12.7. The highest BCUT2D eigenvalue weighted by Crippen LogP contribution is 2.25. The van der Waals surface area contributed by atoms with Gasteiger partial charge in [0.15, 0.2) is 0 Å². The molecule has 0 radical (unpaired) electrons. The number of anilines is 1. The number of ether oxygens (including phenoxy) is 1. The van der Waals surface area contributed by atoms with E-state index in [-0.39, 0.29) is 23.4 Å². The number of nitrogens with zero attached hydrogens (tertiary/aromatic N) is 2. The van der Waals surface area contributed by atoms with Crippen molar-refractivity contribution in [3.05, 3.63) is 90.0 Å². The van der Waals surface area contributed by atoms with E-state index in [2.05, 4.69) is 5.32 Å². The summed E-state index contributed by atoms with van der Waals surface area (Å²) in [5, 5.41) is 2.93. The second-order valence-corrected chi connectivity index (χ2v) is 11.4. The van der Waals surface area contributed by atoms with Gasteiger partial charge in [0, 0.05) is 12.6 Å². The molecule has 2 amide bonds. The Morgan fingerprint density at radius 1 is 0.949 bits per heavy atom. The summed E-state index contributed by atoms with van der Waals surface area (Å²) >= 11 is 0. The molecule has 1 N–H and O–H groups in total. The van der Waals surface area contributed by atoms with Gasteiger partial charge in [0.2, 0.25) is 11.8 Å². The van der Waals surface area contributed by atoms with Gasteiger partial charge in [-0.2, -0.15) is 0 Å². The lowest BCUT2D eigenvalue weighted by Crippen LogP contribution is -2.52. The van der Waals surface area contributed by atoms with Crippen LogP contribution in [-0.4, -0.2) is 50.9 Å². The molecule has 3 rings (SSSR count). The molecule has 2 atom stereocenters. The molecule has 0 bridgehead atoms. The third-order valence-corrected chi connectivity index (χ3v) is 8.38. The summed E-state index contributed by atoms with van der Waals surface area (Å²) in [6.45, 7) is 7.02. The molecule has 0 fully saturated rings. The van der Waals surface area contributed by atoms with Crippen LogP contribution in [0.25, 0.3) is 0 Å². The van der Waals surface area contributed by atoms with E-state index in [0.29, 0.717) is 11.4 Å². The first-order valence-corrected chi connectivity index (χ1v) is 14.4. The summed E-state index contributed by atoms with van der Waals surface area (Å²) in [5.74, 6) is -0.206. The number of benzene rings is 3. The van der Waals surface area contributed by atoms with Crippen molar-refractivity contribution < 1.29 is 22.7 Å². The lowest BCUT2D eigenvalue weighted by Gasteiger charge is -2.32. The van der Waals surface area contributed by atoms with Crippen molar-refractivity contribution >= 4 is 27.5 Å². The maximum Gasteiger partial charge on any atom is 0.264 e. The van der Waals surface area contributed by atoms with E-state index in [1.54, 1.807) is 74.7 Å². The van der Waals surface area contributed by atoms with Crippen LogP contribution in [0.1, 0.15) is 38.3 Å². The van der Waals surface area contributed by atoms with Crippen LogP contribution >= 0.6 is 0 Å². The summed E-state index contributed by atoms with van der Waals surface area (Å²) < 4.78 is 34.0. The number of rotatable bonds is 12. The number of amides is 2. The molecule has 0 aliphatic heterocycles. The van der Waals surface area contributed by atoms with Crippen LogP contribution in [0.15, 0.2) is 83.8 Å². The van der Waals surface area contributed by atoms with Crippen molar-refractivity contribution in [2.75, 3.05) is 18.0 Å². The molecule has 0 saturated carbocycles. The number of hydrogen-bond acceptors (Lipinski definition) is 5. The van der Waals surface area contributed by atoms with Gasteiger partial charge < -0.3 is 15.0 Å². The van der Waals surface area contributed by atoms with Gasteiger partial charge in [0.05, 0.1) is 17.7 Å². The number of aryl methyl sites for hydroxylation is 1. The number of nitrogens with one attached hydrogen (secondary N) is 1. The molecular formula is C30H37N3O5S. The average molecular weight is 552 g/mol. The first-order chi connectivity index (χ1) is 18.6. The first kappa shape index (κ1) is 29.7. The standard InChI is InChI=1S/C30H37N3O5S/c1-6-23(3)31-30(35)24(4)32(20-25-11-10-12-27(19-25)38-5)29(34)21-33(26-17-15-22(2)16-18-26)39(36,37)28-13-8-7-9-14-28/h7-19,23-24H,6,20-21H2,1-5H3,(H,31,35). The van der Waals surface area contributed by atoms with E-state index in [9.17, 15) is 18.0 Å². The molecule has 8 nitrogen and oxygen atoms in total. The van der Waals surface area contributed by atoms with Crippen molar-refractivity contribution in [1.29, 1.82) is 0 Å². The smallest absolute Gasteiger partial charge is 0.264 e. The third kappa shape index (κ3) is 7.60. The largest absolute Gasteiger partial charge is 0.497 e. The second kappa shape index (κ2) is 13.3. The number of carbonyl (C=O) groups is 2. The van der Waals surface area contributed by atoms with Crippen LogP contribution in [0.2, 0.25) is 0 Å². The van der Waals surface area contributed by atoms with Gasteiger partial charge in [-0.15, -0.1) is 0 Å². The van der Waals surface area contributed by atoms with E-state index in [0.717, 1.165) is 21.9 Å². The summed E-state index contributed by atoms with van der Waals surface area (Å²) in [7, 11) is -2.53. The molecule has 0 spiro atoms. The minimum atomic E-state index is -4.08. The molecule has 3 aromatic rings. The lowest BCUT2D eigenvalue weighted by molar-refractivity contribution is -0.139. The van der Waals surface area contributed by atoms with Crippen molar-refractivity contribution in [1.82, 2.24) is 10.2 Å². The zero-order valence-corrected chi connectivity index (χ0v) is 23.9. The Morgan fingerprint density at radius 3 is 2.23 bits per heavy atom. The van der Waals surface area contributed by atoms with Gasteiger partial charge in [0.25, 0.3) is 10.0 Å². The Morgan fingerprint density at radius 2 is 1.62 bits per heavy atom. The maximum atomic E-state index is 13.9. The number of methoxy groups -OCH3 is 1. The predicted octanol–water partition coefficient (Wildman–Crippen LogP) is 4.53. The number of sulfonamides is 1. The molecule has 208 valence electrons. The van der Waals surface area contributed by atoms with Gasteiger partial charge in [-0.05, 0) is 69.2 Å². The van der Waals surface area contributed by atoms with Gasteiger partial charge >= 0.3 is 0 Å². The molecule has 9 heteroatoms. The highest BCUT2D eigenvalue weighted by molar-refractivity contribution is 7.92. The Bertz CT molecular complexity index is 1360. The summed E-state index contributed by atoms with van der Waals surface area (Å²) in [5.41, 5.74) is 2.06. The fraction of sp³-hybridized carbons (Fsp3) is 0.333. The summed E-state index contributed by atoms with van der Waals surface area (Å²) in [6, 6.07) is 21.2. The molecule has 0 heterocycles. The Labute approximate surface area is 231 Å². The Kier molecular flexibility index (Phi) is 10.1. The van der Waals surface area contributed by atoms with Crippen LogP contribution in [0.3, 0.4) is 0 Å². The number of hydrogen-bond donors (Lipinski definition) is 1. The Hall–Kier alpha value is -3.85. The monoisotopic (exact) mass is 551 g/mol. The molecule has 3 aromatic carbocycles. The van der Waals surface area contributed by atoms with E-state index < -0.39 is 28.5 Å². The van der Waals surface area contributed by atoms with E-state index in [4.69, 9.17) is 4.74 Å². The van der Waals surface area contributed by atoms with Crippen molar-refractivity contribution in [3.63, 3.8) is 0 Å². The van der Waals surface area contributed by atoms with Crippen LogP contribution in [-0.2, 0) is 26.2 Å². The number of carbonyl (C=O) groups excluding carboxylic acids is 2. The quantitative estimate of drug-likeness (QED) is 0.357. The Balaban J connectivity index is 2.01. The molecule has 0 aliphatic carbocycles. The summed E-state index contributed by atoms with van der Waals surface area (Å²) in [6.07, 6.45) is 0.735. The lowest BCUT2D eigenvalue weighted by atomic mass is 10.1. The zero-order chi connectivity index (χ0) is 28.6. The van der Waals surface area contributed by atoms with Crippen molar-refractivity contribution in [3.8, 4) is 5.75 Å². The minimum Gasteiger partial charge on any atom is -0.497 e. The third-order valence-electron chi connectivity index (χ3n) is 6.59. The molecule has 0 aromatic heterocycles. The zero-order valence-electron chi connectivity index (χ0n) is 23.1. The van der Waals surface area contributed by atoms with Crippen LogP contribution in [0, 0.1) is 6.92 Å². The average Bonchev–Trinajstić information content (AvgIpc) is 2.95. The van der Waals surface area contributed by atoms with Crippen LogP contribution < -0.4 is 14.4 Å². The summed E-state index contributed by atoms with van der Waals surface area (Å²) in [4.78, 5) is 28.5. The van der Waals surface area contributed by atoms with Gasteiger partial charge in [-0.1, -0.05) is 55.0 Å². The van der Waals surface area contributed by atoms with Gasteiger partial charge in [0.1, 0.15) is 18.3 Å². The SMILES string of the molecule is CCC(C)NC(=O)C(C)N(Cc1cccc(OC)c1)C(=O)CN(c1ccc(C)cc1)S(=O)(=O)c1ccccc1. The topological polar surface area (TPSA) is 96.0 Å². The maximum absolute atomic E-state index is 13.9. The highest BCUT2D eigenvalue weighted by Gasteiger charge is 2.32. The van der Waals surface area contributed by atoms with Gasteiger partial charge in [-0.25, -0.2) is 8.42 Å². The fourth-order valence-corrected chi connectivity index (χ4v) is 5.41. The molecular weight excluding hydrogens is 514 g/mol.